The molecule has 24 heavy (non-hydrogen) atoms. The molecule has 118 valence electrons. The minimum Gasteiger partial charge on any atom is -0.497 e. The van der Waals surface area contributed by atoms with Gasteiger partial charge in [0, 0.05) is 15.4 Å². The van der Waals surface area contributed by atoms with Crippen LogP contribution < -0.4 is 4.74 Å². The van der Waals surface area contributed by atoms with E-state index in [1.807, 2.05) is 42.5 Å². The molecule has 0 unspecified atom stereocenters. The molecule has 0 atom stereocenters. The summed E-state index contributed by atoms with van der Waals surface area (Å²) in [7, 11) is 1.69. The van der Waals surface area contributed by atoms with Crippen molar-refractivity contribution in [1.29, 1.82) is 0 Å². The van der Waals surface area contributed by atoms with Gasteiger partial charge in [0.05, 0.1) is 18.1 Å². The van der Waals surface area contributed by atoms with Crippen molar-refractivity contribution in [3.05, 3.63) is 72.8 Å². The maximum absolute atomic E-state index is 5.27. The van der Waals surface area contributed by atoms with Gasteiger partial charge in [-0.3, -0.25) is 0 Å². The van der Waals surface area contributed by atoms with Crippen LogP contribution in [0.5, 0.6) is 5.75 Å². The molecule has 0 aliphatic heterocycles. The maximum atomic E-state index is 5.27. The average Bonchev–Trinajstić information content (AvgIpc) is 3.06. The lowest BCUT2D eigenvalue weighted by molar-refractivity contribution is 0.413. The molecular weight excluding hydrogens is 316 g/mol. The Hall–Kier alpha value is -2.72. The number of hydrogen-bond acceptors (Lipinski definition) is 3. The lowest BCUT2D eigenvalue weighted by Gasteiger charge is -2.05. The highest BCUT2D eigenvalue weighted by Gasteiger charge is 2.05. The predicted octanol–water partition coefficient (Wildman–Crippen LogP) is 5.39. The monoisotopic (exact) mass is 332 g/mol. The molecule has 0 radical (unpaired) electrons. The second-order valence-corrected chi connectivity index (χ2v) is 6.55. The van der Waals surface area contributed by atoms with Crippen molar-refractivity contribution in [3.8, 4) is 17.1 Å². The molecule has 0 aliphatic rings. The smallest absolute Gasteiger partial charge is 0.138 e. The Labute approximate surface area is 144 Å². The van der Waals surface area contributed by atoms with E-state index in [0.717, 1.165) is 33.1 Å². The fraction of sp³-hybridized carbons (Fsp3) is 0.0500. The van der Waals surface area contributed by atoms with Crippen LogP contribution in [0.25, 0.3) is 22.4 Å². The van der Waals surface area contributed by atoms with Crippen LogP contribution in [-0.2, 0) is 0 Å². The van der Waals surface area contributed by atoms with Gasteiger partial charge in [-0.15, -0.1) is 0 Å². The predicted molar refractivity (Wildman–Crippen MR) is 98.6 cm³/mol. The zero-order valence-electron chi connectivity index (χ0n) is 13.2. The van der Waals surface area contributed by atoms with Gasteiger partial charge in [-0.05, 0) is 42.5 Å². The molecule has 0 saturated heterocycles. The van der Waals surface area contributed by atoms with Crippen molar-refractivity contribution in [2.45, 2.75) is 9.79 Å². The molecule has 4 aromatic rings. The number of aromatic nitrogens is 2. The van der Waals surface area contributed by atoms with Crippen molar-refractivity contribution in [3.63, 3.8) is 0 Å². The van der Waals surface area contributed by atoms with E-state index < -0.39 is 0 Å². The molecule has 3 nitrogen and oxygen atoms in total. The first-order chi connectivity index (χ1) is 11.8. The van der Waals surface area contributed by atoms with Gasteiger partial charge >= 0.3 is 0 Å². The summed E-state index contributed by atoms with van der Waals surface area (Å²) >= 11 is 1.72. The number of para-hydroxylation sites is 2. The number of methoxy groups -OCH3 is 1. The summed E-state index contributed by atoms with van der Waals surface area (Å²) in [4.78, 5) is 10.3. The van der Waals surface area contributed by atoms with Crippen molar-refractivity contribution >= 4 is 22.8 Å². The third-order valence-electron chi connectivity index (χ3n) is 3.79. The number of H-pyrrole nitrogens is 1. The Morgan fingerprint density at radius 2 is 1.71 bits per heavy atom. The number of ether oxygens (including phenoxy) is 1. The number of nitrogens with one attached hydrogen (secondary N) is 1. The van der Waals surface area contributed by atoms with E-state index in [2.05, 4.69) is 40.3 Å². The minimum atomic E-state index is 0.874. The number of rotatable bonds is 4. The highest BCUT2D eigenvalue weighted by molar-refractivity contribution is 7.99. The SMILES string of the molecule is COc1cccc(Sc2ccc(-c3nc4ccccc4[nH]3)cc2)c1. The largest absolute Gasteiger partial charge is 0.497 e. The number of benzene rings is 3. The molecule has 0 bridgehead atoms. The van der Waals surface area contributed by atoms with Crippen molar-refractivity contribution in [2.24, 2.45) is 0 Å². The molecule has 1 aromatic heterocycles. The number of aromatic amines is 1. The Balaban J connectivity index is 1.57. The van der Waals surface area contributed by atoms with Crippen LogP contribution in [0.2, 0.25) is 0 Å². The average molecular weight is 332 g/mol. The normalized spacial score (nSPS) is 10.9. The first-order valence-corrected chi connectivity index (χ1v) is 8.50. The topological polar surface area (TPSA) is 37.9 Å². The number of hydrogen-bond donors (Lipinski definition) is 1. The second-order valence-electron chi connectivity index (χ2n) is 5.41. The summed E-state index contributed by atoms with van der Waals surface area (Å²) in [5.41, 5.74) is 3.13. The summed E-state index contributed by atoms with van der Waals surface area (Å²) in [6.45, 7) is 0. The van der Waals surface area contributed by atoms with Crippen LogP contribution in [0.15, 0.2) is 82.6 Å². The molecule has 3 aromatic carbocycles. The molecule has 0 saturated carbocycles. The van der Waals surface area contributed by atoms with E-state index in [9.17, 15) is 0 Å². The zero-order chi connectivity index (χ0) is 16.4. The molecule has 0 spiro atoms. The first-order valence-electron chi connectivity index (χ1n) is 7.69. The van der Waals surface area contributed by atoms with Gasteiger partial charge in [-0.2, -0.15) is 0 Å². The molecule has 1 N–H and O–H groups in total. The Morgan fingerprint density at radius 1 is 0.875 bits per heavy atom. The Morgan fingerprint density at radius 3 is 2.50 bits per heavy atom. The zero-order valence-corrected chi connectivity index (χ0v) is 14.0. The van der Waals surface area contributed by atoms with Crippen LogP contribution >= 0.6 is 11.8 Å². The highest BCUT2D eigenvalue weighted by atomic mass is 32.2. The van der Waals surface area contributed by atoms with Crippen molar-refractivity contribution in [2.75, 3.05) is 7.11 Å². The van der Waals surface area contributed by atoms with Gasteiger partial charge in [0.25, 0.3) is 0 Å². The van der Waals surface area contributed by atoms with E-state index in [0.29, 0.717) is 0 Å². The van der Waals surface area contributed by atoms with Crippen LogP contribution in [0.4, 0.5) is 0 Å². The molecule has 0 amide bonds. The molecule has 1 heterocycles. The number of nitrogens with zero attached hydrogens (tertiary/aromatic N) is 1. The van der Waals surface area contributed by atoms with Gasteiger partial charge in [0.2, 0.25) is 0 Å². The molecule has 4 rings (SSSR count). The van der Waals surface area contributed by atoms with E-state index in [1.165, 1.54) is 4.90 Å². The summed E-state index contributed by atoms with van der Waals surface area (Å²) in [5, 5.41) is 0. The molecule has 0 aliphatic carbocycles. The Kier molecular flexibility index (Phi) is 3.97. The lowest BCUT2D eigenvalue weighted by atomic mass is 10.2. The minimum absolute atomic E-state index is 0.874. The maximum Gasteiger partial charge on any atom is 0.138 e. The van der Waals surface area contributed by atoms with E-state index in [-0.39, 0.29) is 0 Å². The Bertz CT molecular complexity index is 943. The van der Waals surface area contributed by atoms with Gasteiger partial charge in [0.15, 0.2) is 0 Å². The third kappa shape index (κ3) is 3.01. The fourth-order valence-electron chi connectivity index (χ4n) is 2.57. The second kappa shape index (κ2) is 6.42. The van der Waals surface area contributed by atoms with Crippen LogP contribution in [0, 0.1) is 0 Å². The first kappa shape index (κ1) is 14.8. The van der Waals surface area contributed by atoms with Gasteiger partial charge < -0.3 is 9.72 Å². The van der Waals surface area contributed by atoms with Crippen molar-refractivity contribution in [1.82, 2.24) is 9.97 Å². The fourth-order valence-corrected chi connectivity index (χ4v) is 3.44. The molecular formula is C20H16N2OS. The van der Waals surface area contributed by atoms with Crippen LogP contribution in [-0.4, -0.2) is 17.1 Å². The highest BCUT2D eigenvalue weighted by Crippen LogP contribution is 2.31. The number of imidazole rings is 1. The summed E-state index contributed by atoms with van der Waals surface area (Å²) in [5.74, 6) is 1.77. The summed E-state index contributed by atoms with van der Waals surface area (Å²) < 4.78 is 5.27. The molecule has 4 heteroatoms. The van der Waals surface area contributed by atoms with E-state index in [1.54, 1.807) is 18.9 Å². The van der Waals surface area contributed by atoms with E-state index in [4.69, 9.17) is 4.74 Å². The van der Waals surface area contributed by atoms with Crippen LogP contribution in [0.3, 0.4) is 0 Å². The number of fused-ring (bicyclic) bond motifs is 1. The lowest BCUT2D eigenvalue weighted by Crippen LogP contribution is -1.83. The summed E-state index contributed by atoms with van der Waals surface area (Å²) in [6.07, 6.45) is 0. The van der Waals surface area contributed by atoms with E-state index >= 15 is 0 Å². The molecule has 0 fully saturated rings. The van der Waals surface area contributed by atoms with Crippen molar-refractivity contribution < 1.29 is 4.74 Å². The van der Waals surface area contributed by atoms with Gasteiger partial charge in [0.1, 0.15) is 11.6 Å². The third-order valence-corrected chi connectivity index (χ3v) is 4.79. The van der Waals surface area contributed by atoms with Gasteiger partial charge in [-0.25, -0.2) is 4.98 Å². The van der Waals surface area contributed by atoms with Crippen LogP contribution in [0.1, 0.15) is 0 Å². The standard InChI is InChI=1S/C20H16N2OS/c1-23-15-5-4-6-17(13-15)24-16-11-9-14(10-12-16)20-21-18-7-2-3-8-19(18)22-20/h2-13H,1H3,(H,21,22). The summed E-state index contributed by atoms with van der Waals surface area (Å²) in [6, 6.07) is 24.6. The van der Waals surface area contributed by atoms with Gasteiger partial charge in [-0.1, -0.05) is 42.1 Å². The quantitative estimate of drug-likeness (QED) is 0.544.